The number of amides is 2. The minimum Gasteiger partial charge on any atom is -0.487 e. The van der Waals surface area contributed by atoms with Crippen LogP contribution in [0.25, 0.3) is 0 Å². The van der Waals surface area contributed by atoms with E-state index in [9.17, 15) is 9.90 Å². The average molecular weight is 359 g/mol. The molecule has 0 aliphatic heterocycles. The molecule has 0 saturated heterocycles. The van der Waals surface area contributed by atoms with Gasteiger partial charge in [-0.2, -0.15) is 0 Å². The summed E-state index contributed by atoms with van der Waals surface area (Å²) in [6.45, 7) is 7.49. The smallest absolute Gasteiger partial charge is 0.319 e. The van der Waals surface area contributed by atoms with E-state index in [0.29, 0.717) is 49.2 Å². The van der Waals surface area contributed by atoms with Gasteiger partial charge in [0.25, 0.3) is 0 Å². The number of hydrogen-bond donors (Lipinski definition) is 3. The lowest BCUT2D eigenvalue weighted by Crippen LogP contribution is -2.33. The number of carbonyl (C=O) groups excluding carboxylic acids is 1. The highest BCUT2D eigenvalue weighted by atomic mass is 35.5. The van der Waals surface area contributed by atoms with Gasteiger partial charge in [0.2, 0.25) is 0 Å². The lowest BCUT2D eigenvalue weighted by Gasteiger charge is -2.16. The lowest BCUT2D eigenvalue weighted by molar-refractivity contribution is 0.110. The summed E-state index contributed by atoms with van der Waals surface area (Å²) in [5, 5.41) is 15.3. The van der Waals surface area contributed by atoms with Crippen molar-refractivity contribution in [3.8, 4) is 5.75 Å². The highest BCUT2D eigenvalue weighted by molar-refractivity contribution is 6.32. The third-order valence-corrected chi connectivity index (χ3v) is 3.55. The van der Waals surface area contributed by atoms with Crippen LogP contribution in [0.3, 0.4) is 0 Å². The maximum atomic E-state index is 12.0. The normalized spacial score (nSPS) is 13.2. The molecule has 0 heterocycles. The number of halogens is 1. The second kappa shape index (κ2) is 11.1. The van der Waals surface area contributed by atoms with Gasteiger partial charge in [-0.15, -0.1) is 0 Å². The second-order valence-corrected chi connectivity index (χ2v) is 6.09. The Morgan fingerprint density at radius 2 is 2.08 bits per heavy atom. The van der Waals surface area contributed by atoms with E-state index in [4.69, 9.17) is 21.1 Å². The summed E-state index contributed by atoms with van der Waals surface area (Å²) < 4.78 is 10.8. The van der Waals surface area contributed by atoms with Gasteiger partial charge in [0.1, 0.15) is 6.61 Å². The van der Waals surface area contributed by atoms with Crippen molar-refractivity contribution >= 4 is 23.3 Å². The molecule has 2 amide bonds. The summed E-state index contributed by atoms with van der Waals surface area (Å²) in [5.41, 5.74) is 0.500. The van der Waals surface area contributed by atoms with Crippen LogP contribution in [-0.4, -0.2) is 43.6 Å². The molecule has 0 saturated carbocycles. The maximum absolute atomic E-state index is 12.0. The van der Waals surface area contributed by atoms with E-state index >= 15 is 0 Å². The first kappa shape index (κ1) is 20.5. The summed E-state index contributed by atoms with van der Waals surface area (Å²) in [7, 11) is 0. The van der Waals surface area contributed by atoms with E-state index in [2.05, 4.69) is 10.6 Å². The third-order valence-electron chi connectivity index (χ3n) is 3.25. The summed E-state index contributed by atoms with van der Waals surface area (Å²) in [4.78, 5) is 12.0. The van der Waals surface area contributed by atoms with Gasteiger partial charge in [-0.05, 0) is 38.3 Å². The molecule has 0 radical (unpaired) electrons. The van der Waals surface area contributed by atoms with Crippen LogP contribution in [-0.2, 0) is 4.74 Å². The van der Waals surface area contributed by atoms with Crippen LogP contribution in [0.4, 0.5) is 10.5 Å². The van der Waals surface area contributed by atoms with Crippen molar-refractivity contribution in [2.75, 3.05) is 31.7 Å². The number of anilines is 1. The first-order valence-electron chi connectivity index (χ1n) is 8.16. The zero-order valence-electron chi connectivity index (χ0n) is 14.5. The van der Waals surface area contributed by atoms with Crippen molar-refractivity contribution in [1.29, 1.82) is 0 Å². The summed E-state index contributed by atoms with van der Waals surface area (Å²) >= 11 is 6.15. The Hall–Kier alpha value is -1.50. The Bertz CT molecular complexity index is 511. The number of aliphatic hydroxyl groups is 1. The predicted octanol–water partition coefficient (Wildman–Crippen LogP) is 3.28. The first-order chi connectivity index (χ1) is 11.4. The van der Waals surface area contributed by atoms with E-state index in [1.165, 1.54) is 0 Å². The first-order valence-corrected chi connectivity index (χ1v) is 8.53. The van der Waals surface area contributed by atoms with Gasteiger partial charge in [-0.3, -0.25) is 0 Å². The van der Waals surface area contributed by atoms with Crippen molar-refractivity contribution in [1.82, 2.24) is 5.32 Å². The topological polar surface area (TPSA) is 79.8 Å². The van der Waals surface area contributed by atoms with Crippen LogP contribution in [0, 0.1) is 5.92 Å². The van der Waals surface area contributed by atoms with Gasteiger partial charge in [0, 0.05) is 13.2 Å². The number of aliphatic hydroxyl groups excluding tert-OH is 1. The number of urea groups is 1. The zero-order valence-corrected chi connectivity index (χ0v) is 15.2. The van der Waals surface area contributed by atoms with E-state index in [0.717, 1.165) is 0 Å². The van der Waals surface area contributed by atoms with Crippen molar-refractivity contribution < 1.29 is 19.4 Å². The third kappa shape index (κ3) is 7.86. The van der Waals surface area contributed by atoms with Crippen LogP contribution in [0.5, 0.6) is 5.75 Å². The SMILES string of the molecule is CCOCCOc1c(Cl)cccc1NC(=O)NCC(C)CC(C)O. The molecule has 1 rings (SSSR count). The van der Waals surface area contributed by atoms with Gasteiger partial charge in [0.05, 0.1) is 23.4 Å². The molecular formula is C17H27ClN2O4. The average Bonchev–Trinajstić information content (AvgIpc) is 2.51. The number of nitrogens with one attached hydrogen (secondary N) is 2. The molecule has 24 heavy (non-hydrogen) atoms. The van der Waals surface area contributed by atoms with Gasteiger partial charge in [-0.25, -0.2) is 4.79 Å². The molecule has 3 N–H and O–H groups in total. The number of hydrogen-bond acceptors (Lipinski definition) is 4. The molecule has 1 aromatic rings. The molecule has 0 aliphatic rings. The molecule has 0 bridgehead atoms. The maximum Gasteiger partial charge on any atom is 0.319 e. The Balaban J connectivity index is 2.56. The molecule has 6 nitrogen and oxygen atoms in total. The quantitative estimate of drug-likeness (QED) is 0.561. The molecule has 0 fully saturated rings. The molecule has 0 aliphatic carbocycles. The van der Waals surface area contributed by atoms with Gasteiger partial charge >= 0.3 is 6.03 Å². The molecule has 0 spiro atoms. The van der Waals surface area contributed by atoms with Crippen molar-refractivity contribution in [2.45, 2.75) is 33.3 Å². The number of benzene rings is 1. The highest BCUT2D eigenvalue weighted by Crippen LogP contribution is 2.32. The van der Waals surface area contributed by atoms with Gasteiger partial charge in [0.15, 0.2) is 5.75 Å². The van der Waals surface area contributed by atoms with Crippen molar-refractivity contribution in [3.05, 3.63) is 23.2 Å². The molecule has 1 aromatic carbocycles. The van der Waals surface area contributed by atoms with Crippen LogP contribution in [0.15, 0.2) is 18.2 Å². The van der Waals surface area contributed by atoms with Crippen LogP contribution in [0.1, 0.15) is 27.2 Å². The van der Waals surface area contributed by atoms with Gasteiger partial charge < -0.3 is 25.2 Å². The Kier molecular flexibility index (Phi) is 9.52. The van der Waals surface area contributed by atoms with Crippen LogP contribution >= 0.6 is 11.6 Å². The highest BCUT2D eigenvalue weighted by Gasteiger charge is 2.13. The van der Waals surface area contributed by atoms with Crippen molar-refractivity contribution in [2.24, 2.45) is 5.92 Å². The Morgan fingerprint density at radius 3 is 2.75 bits per heavy atom. The molecule has 0 aromatic heterocycles. The van der Waals surface area contributed by atoms with Crippen LogP contribution in [0.2, 0.25) is 5.02 Å². The van der Waals surface area contributed by atoms with E-state index in [1.807, 2.05) is 13.8 Å². The largest absolute Gasteiger partial charge is 0.487 e. The van der Waals surface area contributed by atoms with Crippen molar-refractivity contribution in [3.63, 3.8) is 0 Å². The number of carbonyl (C=O) groups is 1. The summed E-state index contributed by atoms with van der Waals surface area (Å²) in [6.07, 6.45) is 0.242. The predicted molar refractivity (Wildman–Crippen MR) is 95.9 cm³/mol. The molecule has 136 valence electrons. The number of para-hydroxylation sites is 1. The Morgan fingerprint density at radius 1 is 1.33 bits per heavy atom. The van der Waals surface area contributed by atoms with E-state index < -0.39 is 0 Å². The number of rotatable bonds is 10. The van der Waals surface area contributed by atoms with E-state index in [1.54, 1.807) is 25.1 Å². The minimum atomic E-state index is -0.386. The molecule has 2 atom stereocenters. The fourth-order valence-corrected chi connectivity index (χ4v) is 2.43. The zero-order chi connectivity index (χ0) is 17.9. The lowest BCUT2D eigenvalue weighted by atomic mass is 10.1. The summed E-state index contributed by atoms with van der Waals surface area (Å²) in [6, 6.07) is 4.82. The Labute approximate surface area is 148 Å². The minimum absolute atomic E-state index is 0.178. The standard InChI is InChI=1S/C17H27ClN2O4/c1-4-23-8-9-24-16-14(18)6-5-7-15(16)20-17(22)19-11-12(2)10-13(3)21/h5-7,12-13,21H,4,8-11H2,1-3H3,(H2,19,20,22). The fraction of sp³-hybridized carbons (Fsp3) is 0.588. The monoisotopic (exact) mass is 358 g/mol. The molecule has 7 heteroatoms. The molecular weight excluding hydrogens is 332 g/mol. The second-order valence-electron chi connectivity index (χ2n) is 5.69. The summed E-state index contributed by atoms with van der Waals surface area (Å²) in [5.74, 6) is 0.600. The fourth-order valence-electron chi connectivity index (χ4n) is 2.20. The number of ether oxygens (including phenoxy) is 2. The van der Waals surface area contributed by atoms with Gasteiger partial charge in [-0.1, -0.05) is 24.6 Å². The van der Waals surface area contributed by atoms with E-state index in [-0.39, 0.29) is 18.1 Å². The molecule has 2 unspecified atom stereocenters. The van der Waals surface area contributed by atoms with Crippen LogP contribution < -0.4 is 15.4 Å².